The van der Waals surface area contributed by atoms with Gasteiger partial charge in [-0.1, -0.05) is 0 Å². The molecule has 7 nitrogen and oxygen atoms in total. The molecule has 7 heteroatoms. The monoisotopic (exact) mass is 286 g/mol. The van der Waals surface area contributed by atoms with Gasteiger partial charge in [0.25, 0.3) is 0 Å². The van der Waals surface area contributed by atoms with E-state index in [-0.39, 0.29) is 24.7 Å². The number of carbonyl (C=O) groups is 3. The van der Waals surface area contributed by atoms with E-state index in [1.165, 1.54) is 0 Å². The van der Waals surface area contributed by atoms with Gasteiger partial charge in [0.2, 0.25) is 11.8 Å². The molecule has 0 radical (unpaired) electrons. The van der Waals surface area contributed by atoms with Crippen LogP contribution in [-0.4, -0.2) is 60.1 Å². The van der Waals surface area contributed by atoms with Gasteiger partial charge in [-0.15, -0.1) is 0 Å². The molecule has 1 rings (SSSR count). The molecule has 1 atom stereocenters. The topological polar surface area (TPSA) is 95.9 Å². The molecule has 1 aliphatic heterocycles. The number of rotatable bonds is 7. The van der Waals surface area contributed by atoms with E-state index in [4.69, 9.17) is 9.84 Å². The highest BCUT2D eigenvalue weighted by Crippen LogP contribution is 2.03. The lowest BCUT2D eigenvalue weighted by atomic mass is 10.1. The van der Waals surface area contributed by atoms with Crippen molar-refractivity contribution in [2.24, 2.45) is 0 Å². The third-order valence-corrected chi connectivity index (χ3v) is 3.12. The maximum absolute atomic E-state index is 12.0. The van der Waals surface area contributed by atoms with Crippen molar-refractivity contribution in [3.8, 4) is 0 Å². The van der Waals surface area contributed by atoms with Crippen LogP contribution in [0.1, 0.15) is 32.6 Å². The van der Waals surface area contributed by atoms with Gasteiger partial charge in [-0.2, -0.15) is 0 Å². The molecule has 0 aromatic heterocycles. The van der Waals surface area contributed by atoms with Crippen molar-refractivity contribution < 1.29 is 24.2 Å². The minimum absolute atomic E-state index is 0.0650. The number of carbonyl (C=O) groups excluding carboxylic acids is 2. The summed E-state index contributed by atoms with van der Waals surface area (Å²) in [5, 5.41) is 11.1. The standard InChI is InChI=1S/C13H22N2O5/c1-10(13(19)15-6-8-20-9-7-15)14-11(16)4-2-3-5-12(17)18/h10H,2-9H2,1H3,(H,14,16)(H,17,18). The number of unbranched alkanes of at least 4 members (excludes halogenated alkanes) is 1. The second kappa shape index (κ2) is 8.52. The molecule has 20 heavy (non-hydrogen) atoms. The predicted octanol–water partition coefficient (Wildman–Crippen LogP) is -0.00510. The fraction of sp³-hybridized carbons (Fsp3) is 0.769. The van der Waals surface area contributed by atoms with Gasteiger partial charge in [-0.3, -0.25) is 14.4 Å². The molecule has 0 aromatic carbocycles. The van der Waals surface area contributed by atoms with Crippen molar-refractivity contribution in [3.63, 3.8) is 0 Å². The number of carboxylic acid groups (broad SMARTS) is 1. The van der Waals surface area contributed by atoms with Gasteiger partial charge in [0.15, 0.2) is 0 Å². The van der Waals surface area contributed by atoms with Gasteiger partial charge in [-0.25, -0.2) is 0 Å². The SMILES string of the molecule is CC(NC(=O)CCCCC(=O)O)C(=O)N1CCOCC1. The van der Waals surface area contributed by atoms with Crippen LogP contribution in [0.25, 0.3) is 0 Å². The van der Waals surface area contributed by atoms with Gasteiger partial charge in [0, 0.05) is 25.9 Å². The molecule has 0 spiro atoms. The highest BCUT2D eigenvalue weighted by atomic mass is 16.5. The number of nitrogens with zero attached hydrogens (tertiary/aromatic N) is 1. The smallest absolute Gasteiger partial charge is 0.303 e. The Morgan fingerprint density at radius 1 is 1.20 bits per heavy atom. The summed E-state index contributed by atoms with van der Waals surface area (Å²) in [6, 6.07) is -0.555. The number of nitrogens with one attached hydrogen (secondary N) is 1. The summed E-state index contributed by atoms with van der Waals surface area (Å²) in [4.78, 5) is 35.7. The Kier molecular flexibility index (Phi) is 7.00. The van der Waals surface area contributed by atoms with Crippen molar-refractivity contribution >= 4 is 17.8 Å². The zero-order chi connectivity index (χ0) is 15.0. The maximum atomic E-state index is 12.0. The average Bonchev–Trinajstić information content (AvgIpc) is 2.43. The normalized spacial score (nSPS) is 16.6. The number of ether oxygens (including phenoxy) is 1. The number of aliphatic carboxylic acids is 1. The summed E-state index contributed by atoms with van der Waals surface area (Å²) in [7, 11) is 0. The number of morpholine rings is 1. The predicted molar refractivity (Wildman–Crippen MR) is 71.1 cm³/mol. The van der Waals surface area contributed by atoms with E-state index >= 15 is 0 Å². The molecule has 1 saturated heterocycles. The molecule has 2 N–H and O–H groups in total. The summed E-state index contributed by atoms with van der Waals surface area (Å²) >= 11 is 0. The lowest BCUT2D eigenvalue weighted by molar-refractivity contribution is -0.139. The van der Waals surface area contributed by atoms with E-state index in [2.05, 4.69) is 5.32 Å². The summed E-state index contributed by atoms with van der Waals surface area (Å²) in [6.07, 6.45) is 1.29. The minimum Gasteiger partial charge on any atom is -0.481 e. The lowest BCUT2D eigenvalue weighted by Crippen LogP contribution is -2.50. The Bertz CT molecular complexity index is 353. The molecule has 114 valence electrons. The minimum atomic E-state index is -0.860. The Labute approximate surface area is 118 Å². The zero-order valence-corrected chi connectivity index (χ0v) is 11.8. The van der Waals surface area contributed by atoms with E-state index in [1.807, 2.05) is 0 Å². The largest absolute Gasteiger partial charge is 0.481 e. The molecule has 0 aromatic rings. The van der Waals surface area contributed by atoms with Crippen molar-refractivity contribution in [2.45, 2.75) is 38.6 Å². The van der Waals surface area contributed by atoms with Crippen LogP contribution in [0.4, 0.5) is 0 Å². The molecule has 0 aliphatic carbocycles. The maximum Gasteiger partial charge on any atom is 0.303 e. The first-order chi connectivity index (χ1) is 9.50. The molecule has 0 bridgehead atoms. The Hall–Kier alpha value is -1.63. The van der Waals surface area contributed by atoms with Crippen LogP contribution in [-0.2, 0) is 19.1 Å². The Morgan fingerprint density at radius 2 is 1.80 bits per heavy atom. The number of carboxylic acids is 1. The Morgan fingerprint density at radius 3 is 2.40 bits per heavy atom. The molecule has 0 saturated carbocycles. The van der Waals surface area contributed by atoms with Crippen LogP contribution < -0.4 is 5.32 Å². The Balaban J connectivity index is 2.22. The van der Waals surface area contributed by atoms with Crippen LogP contribution in [0, 0.1) is 0 Å². The van der Waals surface area contributed by atoms with Crippen molar-refractivity contribution in [2.75, 3.05) is 26.3 Å². The molecular formula is C13H22N2O5. The molecule has 1 unspecified atom stereocenters. The van der Waals surface area contributed by atoms with Crippen LogP contribution in [0.5, 0.6) is 0 Å². The molecule has 2 amide bonds. The van der Waals surface area contributed by atoms with E-state index in [1.54, 1.807) is 11.8 Å². The quantitative estimate of drug-likeness (QED) is 0.642. The van der Waals surface area contributed by atoms with Gasteiger partial charge in [-0.05, 0) is 19.8 Å². The molecule has 1 aliphatic rings. The van der Waals surface area contributed by atoms with Crippen LogP contribution in [0.15, 0.2) is 0 Å². The third-order valence-electron chi connectivity index (χ3n) is 3.12. The fourth-order valence-corrected chi connectivity index (χ4v) is 1.99. The zero-order valence-electron chi connectivity index (χ0n) is 11.8. The van der Waals surface area contributed by atoms with E-state index < -0.39 is 12.0 Å². The second-order valence-electron chi connectivity index (χ2n) is 4.83. The van der Waals surface area contributed by atoms with E-state index in [9.17, 15) is 14.4 Å². The average molecular weight is 286 g/mol. The van der Waals surface area contributed by atoms with Gasteiger partial charge in [0.1, 0.15) is 6.04 Å². The first-order valence-corrected chi connectivity index (χ1v) is 6.88. The van der Waals surface area contributed by atoms with Crippen LogP contribution in [0.2, 0.25) is 0 Å². The fourth-order valence-electron chi connectivity index (χ4n) is 1.99. The summed E-state index contributed by atoms with van der Waals surface area (Å²) in [5.74, 6) is -1.18. The van der Waals surface area contributed by atoms with Crippen molar-refractivity contribution in [1.29, 1.82) is 0 Å². The lowest BCUT2D eigenvalue weighted by Gasteiger charge is -2.29. The third kappa shape index (κ3) is 6.01. The first-order valence-electron chi connectivity index (χ1n) is 6.88. The van der Waals surface area contributed by atoms with E-state index in [0.717, 1.165) is 0 Å². The first kappa shape index (κ1) is 16.4. The van der Waals surface area contributed by atoms with Crippen molar-refractivity contribution in [3.05, 3.63) is 0 Å². The molecular weight excluding hydrogens is 264 g/mol. The summed E-state index contributed by atoms with van der Waals surface area (Å²) < 4.78 is 5.17. The summed E-state index contributed by atoms with van der Waals surface area (Å²) in [5.41, 5.74) is 0. The van der Waals surface area contributed by atoms with Crippen LogP contribution in [0.3, 0.4) is 0 Å². The van der Waals surface area contributed by atoms with Crippen molar-refractivity contribution in [1.82, 2.24) is 10.2 Å². The van der Waals surface area contributed by atoms with Crippen LogP contribution >= 0.6 is 0 Å². The number of amides is 2. The highest BCUT2D eigenvalue weighted by Gasteiger charge is 2.23. The van der Waals surface area contributed by atoms with Gasteiger partial charge >= 0.3 is 5.97 Å². The van der Waals surface area contributed by atoms with Gasteiger partial charge in [0.05, 0.1) is 13.2 Å². The highest BCUT2D eigenvalue weighted by molar-refractivity contribution is 5.87. The molecule has 1 heterocycles. The summed E-state index contributed by atoms with van der Waals surface area (Å²) in [6.45, 7) is 3.82. The second-order valence-corrected chi connectivity index (χ2v) is 4.83. The van der Waals surface area contributed by atoms with E-state index in [0.29, 0.717) is 39.1 Å². The number of hydrogen-bond donors (Lipinski definition) is 2. The molecule has 1 fully saturated rings. The van der Waals surface area contributed by atoms with Gasteiger partial charge < -0.3 is 20.1 Å². The number of hydrogen-bond acceptors (Lipinski definition) is 4.